The fourth-order valence-electron chi connectivity index (χ4n) is 3.93. The van der Waals surface area contributed by atoms with Crippen LogP contribution in [0.2, 0.25) is 0 Å². The summed E-state index contributed by atoms with van der Waals surface area (Å²) >= 11 is 5.34. The lowest BCUT2D eigenvalue weighted by Gasteiger charge is -2.11. The molecular weight excluding hydrogens is 494 g/mol. The van der Waals surface area contributed by atoms with Crippen LogP contribution in [0.25, 0.3) is 10.9 Å². The molecule has 0 bridgehead atoms. The Bertz CT molecular complexity index is 1590. The zero-order valence-corrected chi connectivity index (χ0v) is 21.1. The molecule has 0 saturated carbocycles. The van der Waals surface area contributed by atoms with Gasteiger partial charge in [-0.25, -0.2) is 4.79 Å². The highest BCUT2D eigenvalue weighted by atomic mass is 32.1. The summed E-state index contributed by atoms with van der Waals surface area (Å²) < 4.78 is 12.1. The number of aromatic carboxylic acids is 1. The van der Waals surface area contributed by atoms with Gasteiger partial charge in [-0.05, 0) is 72.2 Å². The minimum absolute atomic E-state index is 0.0629. The van der Waals surface area contributed by atoms with Crippen LogP contribution < -0.4 is 20.3 Å². The van der Waals surface area contributed by atoms with Crippen molar-refractivity contribution < 1.29 is 24.2 Å². The van der Waals surface area contributed by atoms with E-state index in [9.17, 15) is 19.5 Å². The normalized spacial score (nSPS) is 10.8. The van der Waals surface area contributed by atoms with Crippen LogP contribution in [0.4, 0.5) is 0 Å². The standard InChI is InChI=1S/C27H25N3O6S/c1-35-22-10-5-16(13-23(22)36-2)11-12-28-24(31)18-6-3-17(4-7-18)15-30-25(32)20-9-8-19(26(33)34)14-21(20)29-27(30)37/h3-10,13-14H,11-12,15H2,1-2H3,(H,28,31)(H,29,37)(H,33,34). The molecule has 0 unspecified atom stereocenters. The molecule has 0 saturated heterocycles. The molecule has 10 heteroatoms. The number of aromatic amines is 1. The fraction of sp³-hybridized carbons (Fsp3) is 0.185. The average Bonchev–Trinajstić information content (AvgIpc) is 2.90. The Labute approximate surface area is 217 Å². The van der Waals surface area contributed by atoms with Gasteiger partial charge in [-0.15, -0.1) is 0 Å². The van der Waals surface area contributed by atoms with Gasteiger partial charge in [0.15, 0.2) is 16.3 Å². The van der Waals surface area contributed by atoms with E-state index in [0.29, 0.717) is 40.9 Å². The fourth-order valence-corrected chi connectivity index (χ4v) is 4.19. The van der Waals surface area contributed by atoms with E-state index in [1.165, 1.54) is 22.8 Å². The second-order valence-electron chi connectivity index (χ2n) is 8.28. The monoisotopic (exact) mass is 519 g/mol. The SMILES string of the molecule is COc1ccc(CCNC(=O)c2ccc(Cn3c(=S)[nH]c4cc(C(=O)O)ccc4c3=O)cc2)cc1OC. The topological polar surface area (TPSA) is 123 Å². The van der Waals surface area contributed by atoms with Crippen molar-refractivity contribution in [2.24, 2.45) is 0 Å². The van der Waals surface area contributed by atoms with E-state index >= 15 is 0 Å². The van der Waals surface area contributed by atoms with Crippen molar-refractivity contribution in [2.45, 2.75) is 13.0 Å². The number of H-pyrrole nitrogens is 1. The van der Waals surface area contributed by atoms with Gasteiger partial charge in [0.1, 0.15) is 0 Å². The molecule has 190 valence electrons. The van der Waals surface area contributed by atoms with E-state index in [-0.39, 0.29) is 28.3 Å². The lowest BCUT2D eigenvalue weighted by atomic mass is 10.1. The maximum atomic E-state index is 13.0. The average molecular weight is 520 g/mol. The number of aromatic nitrogens is 2. The van der Waals surface area contributed by atoms with Crippen molar-refractivity contribution in [2.75, 3.05) is 20.8 Å². The summed E-state index contributed by atoms with van der Waals surface area (Å²) in [6, 6.07) is 16.8. The highest BCUT2D eigenvalue weighted by Gasteiger charge is 2.11. The second kappa shape index (κ2) is 11.1. The summed E-state index contributed by atoms with van der Waals surface area (Å²) in [5.41, 5.74) is 2.38. The number of hydrogen-bond acceptors (Lipinski definition) is 6. The minimum atomic E-state index is -1.09. The van der Waals surface area contributed by atoms with Crippen LogP contribution in [-0.4, -0.2) is 47.3 Å². The van der Waals surface area contributed by atoms with E-state index in [1.54, 1.807) is 38.5 Å². The van der Waals surface area contributed by atoms with Gasteiger partial charge in [-0.1, -0.05) is 18.2 Å². The van der Waals surface area contributed by atoms with Gasteiger partial charge in [0.2, 0.25) is 0 Å². The van der Waals surface area contributed by atoms with Crippen LogP contribution in [0.3, 0.4) is 0 Å². The molecule has 37 heavy (non-hydrogen) atoms. The van der Waals surface area contributed by atoms with Crippen molar-refractivity contribution in [3.8, 4) is 11.5 Å². The smallest absolute Gasteiger partial charge is 0.335 e. The first-order valence-corrected chi connectivity index (χ1v) is 11.8. The highest BCUT2D eigenvalue weighted by Crippen LogP contribution is 2.27. The Balaban J connectivity index is 1.42. The van der Waals surface area contributed by atoms with Gasteiger partial charge in [0.25, 0.3) is 11.5 Å². The molecule has 3 aromatic carbocycles. The molecule has 0 aliphatic heterocycles. The van der Waals surface area contributed by atoms with Gasteiger partial charge in [-0.3, -0.25) is 14.2 Å². The molecule has 0 aliphatic carbocycles. The van der Waals surface area contributed by atoms with Crippen LogP contribution in [0.15, 0.2) is 65.5 Å². The van der Waals surface area contributed by atoms with Crippen molar-refractivity contribution in [3.05, 3.63) is 98.0 Å². The number of rotatable bonds is 9. The molecule has 1 amide bonds. The molecule has 1 heterocycles. The summed E-state index contributed by atoms with van der Waals surface area (Å²) in [4.78, 5) is 39.7. The van der Waals surface area contributed by atoms with Crippen LogP contribution >= 0.6 is 12.2 Å². The number of amides is 1. The van der Waals surface area contributed by atoms with Gasteiger partial charge in [0.05, 0.1) is 37.2 Å². The minimum Gasteiger partial charge on any atom is -0.493 e. The molecule has 0 radical (unpaired) electrons. The first-order valence-electron chi connectivity index (χ1n) is 11.4. The van der Waals surface area contributed by atoms with Crippen LogP contribution in [-0.2, 0) is 13.0 Å². The molecule has 0 aliphatic rings. The molecule has 0 spiro atoms. The largest absolute Gasteiger partial charge is 0.493 e. The number of carboxylic acid groups (broad SMARTS) is 1. The number of benzene rings is 3. The number of hydrogen-bond donors (Lipinski definition) is 3. The van der Waals surface area contributed by atoms with Crippen molar-refractivity contribution >= 4 is 35.0 Å². The van der Waals surface area contributed by atoms with E-state index in [0.717, 1.165) is 11.1 Å². The zero-order valence-electron chi connectivity index (χ0n) is 20.2. The molecule has 0 fully saturated rings. The molecule has 0 atom stereocenters. The molecule has 4 rings (SSSR count). The van der Waals surface area contributed by atoms with Crippen molar-refractivity contribution in [3.63, 3.8) is 0 Å². The Hall–Kier alpha value is -4.44. The number of fused-ring (bicyclic) bond motifs is 1. The first-order chi connectivity index (χ1) is 17.8. The van der Waals surface area contributed by atoms with Crippen LogP contribution in [0, 0.1) is 4.77 Å². The van der Waals surface area contributed by atoms with Crippen LogP contribution in [0.5, 0.6) is 11.5 Å². The number of carbonyl (C=O) groups excluding carboxylic acids is 1. The summed E-state index contributed by atoms with van der Waals surface area (Å²) in [5, 5.41) is 12.4. The summed E-state index contributed by atoms with van der Waals surface area (Å²) in [6.45, 7) is 0.646. The lowest BCUT2D eigenvalue weighted by molar-refractivity contribution is 0.0696. The summed E-state index contributed by atoms with van der Waals surface area (Å²) in [6.07, 6.45) is 0.626. The van der Waals surface area contributed by atoms with Gasteiger partial charge >= 0.3 is 5.97 Å². The Morgan fingerprint density at radius 3 is 2.30 bits per heavy atom. The third-order valence-electron chi connectivity index (χ3n) is 5.93. The number of carboxylic acids is 1. The van der Waals surface area contributed by atoms with E-state index < -0.39 is 5.97 Å². The second-order valence-corrected chi connectivity index (χ2v) is 8.67. The van der Waals surface area contributed by atoms with Gasteiger partial charge < -0.3 is 24.9 Å². The maximum Gasteiger partial charge on any atom is 0.335 e. The molecule has 1 aromatic heterocycles. The quantitative estimate of drug-likeness (QED) is 0.288. The third kappa shape index (κ3) is 5.70. The zero-order chi connectivity index (χ0) is 26.5. The molecular formula is C27H25N3O6S. The summed E-state index contributed by atoms with van der Waals surface area (Å²) in [5.74, 6) is -0.0103. The predicted molar refractivity (Wildman–Crippen MR) is 141 cm³/mol. The molecule has 4 aromatic rings. The van der Waals surface area contributed by atoms with Crippen molar-refractivity contribution in [1.29, 1.82) is 0 Å². The Kier molecular flexibility index (Phi) is 7.69. The summed E-state index contributed by atoms with van der Waals surface area (Å²) in [7, 11) is 3.16. The van der Waals surface area contributed by atoms with Crippen molar-refractivity contribution in [1.82, 2.24) is 14.9 Å². The van der Waals surface area contributed by atoms with E-state index in [1.807, 2.05) is 18.2 Å². The Morgan fingerprint density at radius 1 is 0.946 bits per heavy atom. The number of methoxy groups -OCH3 is 2. The molecule has 9 nitrogen and oxygen atoms in total. The maximum absolute atomic E-state index is 13.0. The van der Waals surface area contributed by atoms with E-state index in [2.05, 4.69) is 10.3 Å². The predicted octanol–water partition coefficient (Wildman–Crippen LogP) is 3.80. The van der Waals surface area contributed by atoms with E-state index in [4.69, 9.17) is 21.7 Å². The highest BCUT2D eigenvalue weighted by molar-refractivity contribution is 7.71. The Morgan fingerprint density at radius 2 is 1.62 bits per heavy atom. The lowest BCUT2D eigenvalue weighted by Crippen LogP contribution is -2.26. The first kappa shape index (κ1) is 25.6. The number of carbonyl (C=O) groups is 2. The number of nitrogens with one attached hydrogen (secondary N) is 2. The van der Waals surface area contributed by atoms with Gasteiger partial charge in [0, 0.05) is 12.1 Å². The third-order valence-corrected chi connectivity index (χ3v) is 6.26. The number of nitrogens with zero attached hydrogens (tertiary/aromatic N) is 1. The molecule has 3 N–H and O–H groups in total. The number of ether oxygens (including phenoxy) is 2. The van der Waals surface area contributed by atoms with Crippen LogP contribution in [0.1, 0.15) is 31.8 Å². The van der Waals surface area contributed by atoms with Gasteiger partial charge in [-0.2, -0.15) is 0 Å².